The largest absolute Gasteiger partial charge is 0.420 e. The summed E-state index contributed by atoms with van der Waals surface area (Å²) in [5, 5.41) is 12.5. The van der Waals surface area contributed by atoms with Gasteiger partial charge in [0.15, 0.2) is 5.58 Å². The summed E-state index contributed by atoms with van der Waals surface area (Å²) in [4.78, 5) is 13.4. The van der Waals surface area contributed by atoms with Gasteiger partial charge in [0.1, 0.15) is 0 Å². The van der Waals surface area contributed by atoms with Crippen LogP contribution in [0.5, 0.6) is 0 Å². The van der Waals surface area contributed by atoms with E-state index in [9.17, 15) is 4.79 Å². The van der Waals surface area contributed by atoms with Crippen molar-refractivity contribution < 1.29 is 4.42 Å². The van der Waals surface area contributed by atoms with Gasteiger partial charge in [-0.05, 0) is 24.3 Å². The Labute approximate surface area is 137 Å². The fraction of sp³-hybridized carbons (Fsp3) is 0.176. The molecule has 0 atom stereocenters. The third-order valence-corrected chi connectivity index (χ3v) is 3.86. The Hall–Kier alpha value is -3.22. The zero-order valence-corrected chi connectivity index (χ0v) is 13.1. The minimum absolute atomic E-state index is 0.380. The highest BCUT2D eigenvalue weighted by Gasteiger charge is 2.10. The molecule has 0 fully saturated rings. The van der Waals surface area contributed by atoms with E-state index >= 15 is 0 Å². The molecule has 0 N–H and O–H groups in total. The molecule has 0 spiro atoms. The van der Waals surface area contributed by atoms with Crippen molar-refractivity contribution in [3.8, 4) is 11.4 Å². The molecule has 4 aromatic rings. The highest BCUT2D eigenvalue weighted by Crippen LogP contribution is 2.14. The highest BCUT2D eigenvalue weighted by atomic mass is 16.4. The fourth-order valence-electron chi connectivity index (χ4n) is 2.57. The van der Waals surface area contributed by atoms with E-state index in [1.807, 2.05) is 49.4 Å². The number of rotatable bonds is 4. The van der Waals surface area contributed by atoms with E-state index < -0.39 is 0 Å². The molecule has 0 bridgehead atoms. The molecule has 2 aromatic heterocycles. The van der Waals surface area contributed by atoms with Gasteiger partial charge in [-0.2, -0.15) is 4.80 Å². The zero-order chi connectivity index (χ0) is 16.5. The average Bonchev–Trinajstić information content (AvgIpc) is 3.17. The highest BCUT2D eigenvalue weighted by molar-refractivity contribution is 5.72. The van der Waals surface area contributed by atoms with E-state index in [4.69, 9.17) is 4.42 Å². The molecule has 0 saturated carbocycles. The number of oxazole rings is 1. The van der Waals surface area contributed by atoms with Gasteiger partial charge in [-0.25, -0.2) is 4.79 Å². The van der Waals surface area contributed by atoms with Crippen LogP contribution in [0.3, 0.4) is 0 Å². The number of aryl methyl sites for hydroxylation is 3. The molecule has 0 aliphatic heterocycles. The summed E-state index contributed by atoms with van der Waals surface area (Å²) in [6, 6.07) is 15.3. The SMILES string of the molecule is Cc1ccc(-c2nnn(CCn3c(=O)oc4ccccc43)n2)cc1. The molecule has 7 nitrogen and oxygen atoms in total. The third-order valence-electron chi connectivity index (χ3n) is 3.86. The lowest BCUT2D eigenvalue weighted by molar-refractivity contribution is 0.441. The lowest BCUT2D eigenvalue weighted by Crippen LogP contribution is -2.18. The number of benzene rings is 2. The van der Waals surface area contributed by atoms with E-state index in [1.165, 1.54) is 10.4 Å². The van der Waals surface area contributed by atoms with Crippen molar-refractivity contribution in [1.29, 1.82) is 0 Å². The summed E-state index contributed by atoms with van der Waals surface area (Å²) in [6.45, 7) is 2.88. The summed E-state index contributed by atoms with van der Waals surface area (Å²) >= 11 is 0. The van der Waals surface area contributed by atoms with E-state index in [-0.39, 0.29) is 5.76 Å². The normalized spacial score (nSPS) is 11.2. The summed E-state index contributed by atoms with van der Waals surface area (Å²) in [5.41, 5.74) is 3.44. The van der Waals surface area contributed by atoms with Crippen LogP contribution in [0.15, 0.2) is 57.7 Å². The van der Waals surface area contributed by atoms with Gasteiger partial charge in [-0.15, -0.1) is 10.2 Å². The van der Waals surface area contributed by atoms with E-state index in [0.29, 0.717) is 24.5 Å². The van der Waals surface area contributed by atoms with Crippen molar-refractivity contribution in [3.05, 3.63) is 64.6 Å². The standard InChI is InChI=1S/C17H15N5O2/c1-12-6-8-13(9-7-12)16-18-20-22(19-16)11-10-21-14-4-2-3-5-15(14)24-17(21)23/h2-9H,10-11H2,1H3. The quantitative estimate of drug-likeness (QED) is 0.576. The maximum atomic E-state index is 11.9. The Morgan fingerprint density at radius 1 is 1.04 bits per heavy atom. The van der Waals surface area contributed by atoms with Gasteiger partial charge < -0.3 is 4.42 Å². The van der Waals surface area contributed by atoms with Crippen LogP contribution >= 0.6 is 0 Å². The first kappa shape index (κ1) is 14.4. The molecule has 0 aliphatic rings. The molecule has 0 saturated heterocycles. The van der Waals surface area contributed by atoms with Crippen molar-refractivity contribution in [2.45, 2.75) is 20.0 Å². The molecule has 4 rings (SSSR count). The lowest BCUT2D eigenvalue weighted by Gasteiger charge is -2.00. The van der Waals surface area contributed by atoms with Gasteiger partial charge in [0, 0.05) is 5.56 Å². The Morgan fingerprint density at radius 3 is 2.67 bits per heavy atom. The first-order chi connectivity index (χ1) is 11.7. The minimum atomic E-state index is -0.380. The monoisotopic (exact) mass is 321 g/mol. The summed E-state index contributed by atoms with van der Waals surface area (Å²) < 4.78 is 6.79. The molecule has 0 amide bonds. The van der Waals surface area contributed by atoms with Crippen molar-refractivity contribution in [2.24, 2.45) is 0 Å². The van der Waals surface area contributed by atoms with Crippen LogP contribution in [0.25, 0.3) is 22.5 Å². The van der Waals surface area contributed by atoms with Crippen LogP contribution in [0.4, 0.5) is 0 Å². The second-order valence-corrected chi connectivity index (χ2v) is 5.56. The topological polar surface area (TPSA) is 78.7 Å². The number of tetrazole rings is 1. The number of fused-ring (bicyclic) bond motifs is 1. The maximum absolute atomic E-state index is 11.9. The number of aromatic nitrogens is 5. The second-order valence-electron chi connectivity index (χ2n) is 5.56. The first-order valence-electron chi connectivity index (χ1n) is 7.64. The van der Waals surface area contributed by atoms with Crippen molar-refractivity contribution in [3.63, 3.8) is 0 Å². The van der Waals surface area contributed by atoms with Crippen LogP contribution < -0.4 is 5.76 Å². The van der Waals surface area contributed by atoms with Gasteiger partial charge in [-0.1, -0.05) is 42.0 Å². The molecule has 7 heteroatoms. The van der Waals surface area contributed by atoms with Crippen LogP contribution in [0.1, 0.15) is 5.56 Å². The zero-order valence-electron chi connectivity index (χ0n) is 13.1. The van der Waals surface area contributed by atoms with Crippen LogP contribution in [-0.2, 0) is 13.1 Å². The smallest absolute Gasteiger partial charge is 0.408 e. The predicted octanol–water partition coefficient (Wildman–Crippen LogP) is 2.26. The summed E-state index contributed by atoms with van der Waals surface area (Å²) in [6.07, 6.45) is 0. The van der Waals surface area contributed by atoms with Crippen LogP contribution in [-0.4, -0.2) is 24.8 Å². The average molecular weight is 321 g/mol. The molecule has 0 unspecified atom stereocenters. The fourth-order valence-corrected chi connectivity index (χ4v) is 2.57. The van der Waals surface area contributed by atoms with Gasteiger partial charge in [0.25, 0.3) is 0 Å². The minimum Gasteiger partial charge on any atom is -0.408 e. The van der Waals surface area contributed by atoms with Crippen molar-refractivity contribution in [1.82, 2.24) is 24.8 Å². The van der Waals surface area contributed by atoms with Gasteiger partial charge >= 0.3 is 5.76 Å². The van der Waals surface area contributed by atoms with Crippen molar-refractivity contribution in [2.75, 3.05) is 0 Å². The number of hydrogen-bond donors (Lipinski definition) is 0. The Kier molecular flexibility index (Phi) is 3.45. The molecule has 0 aliphatic carbocycles. The van der Waals surface area contributed by atoms with Crippen LogP contribution in [0.2, 0.25) is 0 Å². The molecule has 2 aromatic carbocycles. The van der Waals surface area contributed by atoms with Gasteiger partial charge in [-0.3, -0.25) is 4.57 Å². The predicted molar refractivity (Wildman–Crippen MR) is 88.5 cm³/mol. The summed E-state index contributed by atoms with van der Waals surface area (Å²) in [5.74, 6) is 0.189. The van der Waals surface area contributed by atoms with E-state index in [2.05, 4.69) is 15.4 Å². The number of nitrogens with zero attached hydrogens (tertiary/aromatic N) is 5. The summed E-state index contributed by atoms with van der Waals surface area (Å²) in [7, 11) is 0. The second kappa shape index (κ2) is 5.77. The molecule has 24 heavy (non-hydrogen) atoms. The third kappa shape index (κ3) is 2.60. The van der Waals surface area contributed by atoms with Gasteiger partial charge in [0.2, 0.25) is 5.82 Å². The van der Waals surface area contributed by atoms with Gasteiger partial charge in [0.05, 0.1) is 18.6 Å². The number of para-hydroxylation sites is 2. The van der Waals surface area contributed by atoms with Crippen LogP contribution in [0, 0.1) is 6.92 Å². The molecule has 120 valence electrons. The first-order valence-corrected chi connectivity index (χ1v) is 7.64. The lowest BCUT2D eigenvalue weighted by atomic mass is 10.1. The Balaban J connectivity index is 1.55. The molecular weight excluding hydrogens is 306 g/mol. The molecule has 0 radical (unpaired) electrons. The molecular formula is C17H15N5O2. The molecule has 2 heterocycles. The Bertz CT molecular complexity index is 1040. The maximum Gasteiger partial charge on any atom is 0.420 e. The number of hydrogen-bond acceptors (Lipinski definition) is 5. The van der Waals surface area contributed by atoms with Crippen molar-refractivity contribution >= 4 is 11.1 Å². The van der Waals surface area contributed by atoms with E-state index in [0.717, 1.165) is 11.1 Å². The Morgan fingerprint density at radius 2 is 1.83 bits per heavy atom. The van der Waals surface area contributed by atoms with E-state index in [1.54, 1.807) is 10.6 Å².